The van der Waals surface area contributed by atoms with Crippen LogP contribution in [0.25, 0.3) is 5.57 Å². The molecular formula is C17H15N. The van der Waals surface area contributed by atoms with E-state index in [4.69, 9.17) is 0 Å². The van der Waals surface area contributed by atoms with E-state index >= 15 is 0 Å². The van der Waals surface area contributed by atoms with Crippen LogP contribution < -0.4 is 4.90 Å². The van der Waals surface area contributed by atoms with Crippen molar-refractivity contribution in [3.63, 3.8) is 0 Å². The number of nitrogens with zero attached hydrogens (tertiary/aromatic N) is 1. The number of anilines is 1. The van der Waals surface area contributed by atoms with E-state index in [1.54, 1.807) is 0 Å². The summed E-state index contributed by atoms with van der Waals surface area (Å²) in [5.74, 6) is 0. The maximum atomic E-state index is 4.12. The van der Waals surface area contributed by atoms with Crippen LogP contribution in [-0.4, -0.2) is 7.05 Å². The highest BCUT2D eigenvalue weighted by Gasteiger charge is 2.18. The van der Waals surface area contributed by atoms with Crippen LogP contribution >= 0.6 is 0 Å². The zero-order valence-corrected chi connectivity index (χ0v) is 10.4. The van der Waals surface area contributed by atoms with Crippen molar-refractivity contribution in [2.24, 2.45) is 0 Å². The highest BCUT2D eigenvalue weighted by Crippen LogP contribution is 2.37. The molecule has 0 unspecified atom stereocenters. The summed E-state index contributed by atoms with van der Waals surface area (Å²) >= 11 is 0. The van der Waals surface area contributed by atoms with Crippen molar-refractivity contribution < 1.29 is 0 Å². The molecule has 3 rings (SSSR count). The van der Waals surface area contributed by atoms with Crippen molar-refractivity contribution in [2.75, 3.05) is 11.9 Å². The fraction of sp³-hybridized carbons (Fsp3) is 0.0588. The van der Waals surface area contributed by atoms with Gasteiger partial charge in [-0.05, 0) is 23.3 Å². The van der Waals surface area contributed by atoms with Gasteiger partial charge in [-0.3, -0.25) is 0 Å². The molecule has 18 heavy (non-hydrogen) atoms. The molecule has 1 aliphatic heterocycles. The molecule has 0 N–H and O–H groups in total. The van der Waals surface area contributed by atoms with Crippen LogP contribution in [0.2, 0.25) is 0 Å². The Balaban J connectivity index is 2.21. The quantitative estimate of drug-likeness (QED) is 0.717. The van der Waals surface area contributed by atoms with E-state index in [1.165, 1.54) is 22.4 Å². The van der Waals surface area contributed by atoms with Crippen molar-refractivity contribution in [1.82, 2.24) is 0 Å². The van der Waals surface area contributed by atoms with E-state index in [2.05, 4.69) is 73.1 Å². The van der Waals surface area contributed by atoms with Gasteiger partial charge < -0.3 is 4.90 Å². The Morgan fingerprint density at radius 3 is 2.33 bits per heavy atom. The van der Waals surface area contributed by atoms with E-state index in [-0.39, 0.29) is 0 Å². The van der Waals surface area contributed by atoms with Crippen LogP contribution in [-0.2, 0) is 0 Å². The van der Waals surface area contributed by atoms with E-state index in [0.717, 1.165) is 5.70 Å². The zero-order valence-electron chi connectivity index (χ0n) is 10.4. The molecule has 0 aromatic heterocycles. The lowest BCUT2D eigenvalue weighted by atomic mass is 9.92. The molecule has 0 aliphatic carbocycles. The lowest BCUT2D eigenvalue weighted by molar-refractivity contribution is 1.12. The number of benzene rings is 2. The summed E-state index contributed by atoms with van der Waals surface area (Å²) in [6.07, 6.45) is 2.15. The Morgan fingerprint density at radius 1 is 0.889 bits per heavy atom. The van der Waals surface area contributed by atoms with Gasteiger partial charge in [0, 0.05) is 24.0 Å². The third-order valence-corrected chi connectivity index (χ3v) is 3.38. The van der Waals surface area contributed by atoms with Gasteiger partial charge in [0.1, 0.15) is 0 Å². The maximum absolute atomic E-state index is 4.12. The minimum Gasteiger partial charge on any atom is -0.345 e. The van der Waals surface area contributed by atoms with Crippen LogP contribution in [0, 0.1) is 0 Å². The molecule has 0 saturated heterocycles. The highest BCUT2D eigenvalue weighted by molar-refractivity contribution is 5.91. The molecule has 0 saturated carbocycles. The van der Waals surface area contributed by atoms with Crippen molar-refractivity contribution in [1.29, 1.82) is 0 Å². The van der Waals surface area contributed by atoms with Gasteiger partial charge in [-0.15, -0.1) is 0 Å². The highest BCUT2D eigenvalue weighted by atomic mass is 15.1. The van der Waals surface area contributed by atoms with Crippen molar-refractivity contribution >= 4 is 11.3 Å². The molecule has 1 heterocycles. The molecule has 2 aromatic rings. The zero-order chi connectivity index (χ0) is 12.5. The molecule has 0 atom stereocenters. The van der Waals surface area contributed by atoms with E-state index in [1.807, 2.05) is 6.07 Å². The summed E-state index contributed by atoms with van der Waals surface area (Å²) in [6.45, 7) is 4.12. The number of allylic oxidation sites excluding steroid dienone is 1. The average Bonchev–Trinajstić information content (AvgIpc) is 2.44. The second-order valence-electron chi connectivity index (χ2n) is 4.49. The summed E-state index contributed by atoms with van der Waals surface area (Å²) in [6, 6.07) is 18.9. The number of likely N-dealkylation sites (N-methyl/N-ethyl adjacent to an activating group) is 1. The number of fused-ring (bicyclic) bond motifs is 1. The van der Waals surface area contributed by atoms with Crippen molar-refractivity contribution in [2.45, 2.75) is 0 Å². The Kier molecular flexibility index (Phi) is 2.52. The number of hydrogen-bond donors (Lipinski definition) is 0. The van der Waals surface area contributed by atoms with Crippen LogP contribution in [0.5, 0.6) is 0 Å². The van der Waals surface area contributed by atoms with Gasteiger partial charge >= 0.3 is 0 Å². The second kappa shape index (κ2) is 4.19. The SMILES string of the molecule is C=C1C=C(c2ccccc2)c2ccccc2N1C. The van der Waals surface area contributed by atoms with Gasteiger partial charge in [0.15, 0.2) is 0 Å². The topological polar surface area (TPSA) is 3.24 Å². The fourth-order valence-electron chi connectivity index (χ4n) is 2.35. The van der Waals surface area contributed by atoms with Gasteiger partial charge in [0.25, 0.3) is 0 Å². The number of hydrogen-bond acceptors (Lipinski definition) is 1. The van der Waals surface area contributed by atoms with Gasteiger partial charge in [-0.1, -0.05) is 55.1 Å². The summed E-state index contributed by atoms with van der Waals surface area (Å²) < 4.78 is 0. The molecular weight excluding hydrogens is 218 g/mol. The predicted octanol–water partition coefficient (Wildman–Crippen LogP) is 4.08. The van der Waals surface area contributed by atoms with Crippen LogP contribution in [0.4, 0.5) is 5.69 Å². The molecule has 0 spiro atoms. The van der Waals surface area contributed by atoms with Gasteiger partial charge in [0.05, 0.1) is 0 Å². The predicted molar refractivity (Wildman–Crippen MR) is 77.5 cm³/mol. The Morgan fingerprint density at radius 2 is 1.56 bits per heavy atom. The van der Waals surface area contributed by atoms with Crippen molar-refractivity contribution in [3.05, 3.63) is 84.1 Å². The second-order valence-corrected chi connectivity index (χ2v) is 4.49. The first-order chi connectivity index (χ1) is 8.77. The van der Waals surface area contributed by atoms with Crippen LogP contribution in [0.3, 0.4) is 0 Å². The Hall–Kier alpha value is -2.28. The van der Waals surface area contributed by atoms with Gasteiger partial charge in [0.2, 0.25) is 0 Å². The minimum atomic E-state index is 1.02. The molecule has 1 nitrogen and oxygen atoms in total. The number of rotatable bonds is 1. The largest absolute Gasteiger partial charge is 0.345 e. The molecule has 0 fully saturated rings. The standard InChI is InChI=1S/C17H15N/c1-13-12-16(14-8-4-3-5-9-14)15-10-6-7-11-17(15)18(13)2/h3-12H,1H2,2H3. The van der Waals surface area contributed by atoms with E-state index < -0.39 is 0 Å². The van der Waals surface area contributed by atoms with E-state index in [0.29, 0.717) is 0 Å². The molecule has 0 bridgehead atoms. The molecule has 88 valence electrons. The molecule has 0 radical (unpaired) electrons. The molecule has 2 aromatic carbocycles. The lowest BCUT2D eigenvalue weighted by Crippen LogP contribution is -2.19. The fourth-order valence-corrected chi connectivity index (χ4v) is 2.35. The normalized spacial score (nSPS) is 14.2. The smallest absolute Gasteiger partial charge is 0.0487 e. The summed E-state index contributed by atoms with van der Waals surface area (Å²) in [5, 5.41) is 0. The summed E-state index contributed by atoms with van der Waals surface area (Å²) in [7, 11) is 2.06. The Bertz CT molecular complexity index is 623. The monoisotopic (exact) mass is 233 g/mol. The lowest BCUT2D eigenvalue weighted by Gasteiger charge is -2.29. The average molecular weight is 233 g/mol. The minimum absolute atomic E-state index is 1.02. The summed E-state index contributed by atoms with van der Waals surface area (Å²) in [5.41, 5.74) is 5.98. The molecule has 0 amide bonds. The Labute approximate surface area is 108 Å². The number of para-hydroxylation sites is 1. The molecule has 1 heteroatoms. The third-order valence-electron chi connectivity index (χ3n) is 3.38. The van der Waals surface area contributed by atoms with Crippen LogP contribution in [0.1, 0.15) is 11.1 Å². The maximum Gasteiger partial charge on any atom is 0.0487 e. The third kappa shape index (κ3) is 1.65. The molecule has 1 aliphatic rings. The van der Waals surface area contributed by atoms with Crippen molar-refractivity contribution in [3.8, 4) is 0 Å². The van der Waals surface area contributed by atoms with Crippen LogP contribution in [0.15, 0.2) is 72.9 Å². The van der Waals surface area contributed by atoms with Gasteiger partial charge in [-0.25, -0.2) is 0 Å². The first-order valence-electron chi connectivity index (χ1n) is 6.06. The van der Waals surface area contributed by atoms with Gasteiger partial charge in [-0.2, -0.15) is 0 Å². The van der Waals surface area contributed by atoms with E-state index in [9.17, 15) is 0 Å². The first-order valence-corrected chi connectivity index (χ1v) is 6.06. The first kappa shape index (κ1) is 10.8. The summed E-state index contributed by atoms with van der Waals surface area (Å²) in [4.78, 5) is 2.13.